The van der Waals surface area contributed by atoms with Crippen molar-refractivity contribution in [2.24, 2.45) is 5.73 Å². The predicted molar refractivity (Wildman–Crippen MR) is 70.4 cm³/mol. The molecule has 4 nitrogen and oxygen atoms in total. The number of benzene rings is 2. The molecule has 0 fully saturated rings. The van der Waals surface area contributed by atoms with Gasteiger partial charge in [0.2, 0.25) is 0 Å². The maximum Gasteiger partial charge on any atom is 0.145 e. The van der Waals surface area contributed by atoms with Gasteiger partial charge in [0.05, 0.1) is 0 Å². The van der Waals surface area contributed by atoms with Crippen LogP contribution >= 0.6 is 0 Å². The van der Waals surface area contributed by atoms with Crippen LogP contribution in [-0.4, -0.2) is 12.4 Å². The van der Waals surface area contributed by atoms with Crippen molar-refractivity contribution in [1.29, 1.82) is 5.41 Å². The monoisotopic (exact) mass is 242 g/mol. The Balaban J connectivity index is 1.97. The van der Waals surface area contributed by atoms with E-state index in [2.05, 4.69) is 0 Å². The van der Waals surface area contributed by atoms with Crippen LogP contribution in [-0.2, 0) is 0 Å². The minimum absolute atomic E-state index is 0.000359. The Labute approximate surface area is 105 Å². The van der Waals surface area contributed by atoms with Crippen molar-refractivity contribution < 1.29 is 9.47 Å². The largest absolute Gasteiger partial charge is 0.486 e. The Bertz CT molecular complexity index is 509. The molecule has 2 aromatic carbocycles. The van der Waals surface area contributed by atoms with Gasteiger partial charge < -0.3 is 15.2 Å². The summed E-state index contributed by atoms with van der Waals surface area (Å²) < 4.78 is 10.9. The molecule has 0 aliphatic carbocycles. The number of nitrogens with one attached hydrogen (secondary N) is 1. The molecule has 0 heterocycles. The average Bonchev–Trinajstić information content (AvgIpc) is 2.39. The zero-order valence-corrected chi connectivity index (χ0v) is 9.80. The van der Waals surface area contributed by atoms with E-state index in [0.717, 1.165) is 11.5 Å². The highest BCUT2D eigenvalue weighted by atomic mass is 16.5. The molecule has 0 bridgehead atoms. The van der Waals surface area contributed by atoms with E-state index in [1.807, 2.05) is 42.5 Å². The summed E-state index contributed by atoms with van der Waals surface area (Å²) in [7, 11) is 0. The SMILES string of the molecule is N=C(N)COc1ccc(Oc2ccccc2)cc1. The van der Waals surface area contributed by atoms with E-state index in [4.69, 9.17) is 20.6 Å². The van der Waals surface area contributed by atoms with Crippen molar-refractivity contribution in [3.8, 4) is 17.2 Å². The molecule has 0 saturated heterocycles. The van der Waals surface area contributed by atoms with Gasteiger partial charge in [0.1, 0.15) is 29.7 Å². The lowest BCUT2D eigenvalue weighted by Crippen LogP contribution is -2.19. The lowest BCUT2D eigenvalue weighted by atomic mass is 10.3. The molecule has 0 spiro atoms. The second-order valence-corrected chi connectivity index (χ2v) is 3.70. The van der Waals surface area contributed by atoms with E-state index in [1.165, 1.54) is 0 Å². The van der Waals surface area contributed by atoms with Gasteiger partial charge in [-0.1, -0.05) is 18.2 Å². The zero-order valence-electron chi connectivity index (χ0n) is 9.80. The van der Waals surface area contributed by atoms with Crippen LogP contribution in [0.5, 0.6) is 17.2 Å². The molecule has 2 aromatic rings. The lowest BCUT2D eigenvalue weighted by molar-refractivity contribution is 0.373. The van der Waals surface area contributed by atoms with Crippen LogP contribution in [0.25, 0.3) is 0 Å². The summed E-state index contributed by atoms with van der Waals surface area (Å²) in [4.78, 5) is 0. The molecular weight excluding hydrogens is 228 g/mol. The first kappa shape index (κ1) is 12.0. The van der Waals surface area contributed by atoms with Gasteiger partial charge in [-0.05, 0) is 36.4 Å². The third kappa shape index (κ3) is 3.52. The van der Waals surface area contributed by atoms with Gasteiger partial charge in [0.25, 0.3) is 0 Å². The van der Waals surface area contributed by atoms with Crippen LogP contribution in [0.1, 0.15) is 0 Å². The molecule has 0 radical (unpaired) electrons. The normalized spacial score (nSPS) is 9.78. The molecule has 0 aromatic heterocycles. The van der Waals surface area contributed by atoms with Crippen LogP contribution < -0.4 is 15.2 Å². The van der Waals surface area contributed by atoms with Crippen molar-refractivity contribution >= 4 is 5.84 Å². The van der Waals surface area contributed by atoms with Gasteiger partial charge in [0, 0.05) is 0 Å². The first-order chi connectivity index (χ1) is 8.74. The van der Waals surface area contributed by atoms with Gasteiger partial charge in [-0.2, -0.15) is 0 Å². The molecule has 0 atom stereocenters. The number of rotatable bonds is 5. The average molecular weight is 242 g/mol. The molecule has 0 aliphatic rings. The highest BCUT2D eigenvalue weighted by molar-refractivity contribution is 5.78. The Kier molecular flexibility index (Phi) is 3.81. The molecule has 92 valence electrons. The van der Waals surface area contributed by atoms with E-state index in [9.17, 15) is 0 Å². The summed E-state index contributed by atoms with van der Waals surface area (Å²) >= 11 is 0. The van der Waals surface area contributed by atoms with Crippen LogP contribution in [0.4, 0.5) is 0 Å². The molecule has 0 saturated carbocycles. The summed E-state index contributed by atoms with van der Waals surface area (Å²) in [5.74, 6) is 2.18. The number of amidine groups is 1. The highest BCUT2D eigenvalue weighted by Crippen LogP contribution is 2.23. The summed E-state index contributed by atoms with van der Waals surface area (Å²) in [5, 5.41) is 7.06. The van der Waals surface area contributed by atoms with Crippen molar-refractivity contribution in [3.63, 3.8) is 0 Å². The fraction of sp³-hybridized carbons (Fsp3) is 0.0714. The van der Waals surface area contributed by atoms with Crippen molar-refractivity contribution in [1.82, 2.24) is 0 Å². The van der Waals surface area contributed by atoms with E-state index in [-0.39, 0.29) is 12.4 Å². The minimum Gasteiger partial charge on any atom is -0.486 e. The minimum atomic E-state index is -0.000359. The second kappa shape index (κ2) is 5.72. The topological polar surface area (TPSA) is 68.3 Å². The van der Waals surface area contributed by atoms with Gasteiger partial charge >= 0.3 is 0 Å². The maximum absolute atomic E-state index is 7.06. The number of hydrogen-bond acceptors (Lipinski definition) is 3. The van der Waals surface area contributed by atoms with Crippen molar-refractivity contribution in [2.45, 2.75) is 0 Å². The summed E-state index contributed by atoms with van der Waals surface area (Å²) in [5.41, 5.74) is 5.21. The van der Waals surface area contributed by atoms with Crippen LogP contribution in [0.2, 0.25) is 0 Å². The Morgan fingerprint density at radius 1 is 0.889 bits per heavy atom. The quantitative estimate of drug-likeness (QED) is 0.625. The molecule has 0 amide bonds. The Hall–Kier alpha value is -2.49. The number of para-hydroxylation sites is 1. The molecule has 18 heavy (non-hydrogen) atoms. The van der Waals surface area contributed by atoms with Crippen LogP contribution in [0, 0.1) is 5.41 Å². The van der Waals surface area contributed by atoms with Crippen LogP contribution in [0.15, 0.2) is 54.6 Å². The summed E-state index contributed by atoms with van der Waals surface area (Å²) in [6.07, 6.45) is 0. The molecular formula is C14H14N2O2. The smallest absolute Gasteiger partial charge is 0.145 e. The Morgan fingerprint density at radius 2 is 1.44 bits per heavy atom. The van der Waals surface area contributed by atoms with Gasteiger partial charge in [0.15, 0.2) is 0 Å². The molecule has 2 rings (SSSR count). The predicted octanol–water partition coefficient (Wildman–Crippen LogP) is 2.79. The van der Waals surface area contributed by atoms with Crippen molar-refractivity contribution in [2.75, 3.05) is 6.61 Å². The van der Waals surface area contributed by atoms with Gasteiger partial charge in [-0.25, -0.2) is 0 Å². The zero-order chi connectivity index (χ0) is 12.8. The number of nitrogens with two attached hydrogens (primary N) is 1. The molecule has 3 N–H and O–H groups in total. The molecule has 4 heteroatoms. The van der Waals surface area contributed by atoms with Gasteiger partial charge in [-0.3, -0.25) is 5.41 Å². The van der Waals surface area contributed by atoms with Gasteiger partial charge in [-0.15, -0.1) is 0 Å². The van der Waals surface area contributed by atoms with Crippen molar-refractivity contribution in [3.05, 3.63) is 54.6 Å². The third-order valence-corrected chi connectivity index (χ3v) is 2.20. The highest BCUT2D eigenvalue weighted by Gasteiger charge is 1.98. The molecule has 0 aliphatic heterocycles. The fourth-order valence-corrected chi connectivity index (χ4v) is 1.39. The standard InChI is InChI=1S/C14H14N2O2/c15-14(16)10-17-11-6-8-13(9-7-11)18-12-4-2-1-3-5-12/h1-9H,10H2,(H3,15,16). The second-order valence-electron chi connectivity index (χ2n) is 3.70. The number of hydrogen-bond donors (Lipinski definition) is 2. The molecule has 0 unspecified atom stereocenters. The third-order valence-electron chi connectivity index (χ3n) is 2.20. The van der Waals surface area contributed by atoms with E-state index in [1.54, 1.807) is 12.1 Å². The first-order valence-corrected chi connectivity index (χ1v) is 5.53. The fourth-order valence-electron chi connectivity index (χ4n) is 1.39. The summed E-state index contributed by atoms with van der Waals surface area (Å²) in [6.45, 7) is 0.0961. The first-order valence-electron chi connectivity index (χ1n) is 5.53. The van der Waals surface area contributed by atoms with E-state index in [0.29, 0.717) is 5.75 Å². The van der Waals surface area contributed by atoms with E-state index >= 15 is 0 Å². The van der Waals surface area contributed by atoms with Crippen LogP contribution in [0.3, 0.4) is 0 Å². The lowest BCUT2D eigenvalue weighted by Gasteiger charge is -2.07. The number of ether oxygens (including phenoxy) is 2. The van der Waals surface area contributed by atoms with E-state index < -0.39 is 0 Å². The maximum atomic E-state index is 7.06. The Morgan fingerprint density at radius 3 is 2.06 bits per heavy atom. The summed E-state index contributed by atoms with van der Waals surface area (Å²) in [6, 6.07) is 16.7.